The first-order valence-corrected chi connectivity index (χ1v) is 20.2. The van der Waals surface area contributed by atoms with Crippen LogP contribution in [0, 0.1) is 0 Å². The van der Waals surface area contributed by atoms with Crippen molar-refractivity contribution < 1.29 is 0 Å². The van der Waals surface area contributed by atoms with Gasteiger partial charge in [-0.25, -0.2) is 9.97 Å². The molecular weight excluding hydrogens is 709 g/mol. The molecule has 0 N–H and O–H groups in total. The maximum Gasteiger partial charge on any atom is 0.116 e. The van der Waals surface area contributed by atoms with E-state index in [1.807, 2.05) is 11.3 Å². The van der Waals surface area contributed by atoms with Crippen LogP contribution in [0.2, 0.25) is 0 Å². The van der Waals surface area contributed by atoms with Crippen LogP contribution in [0.15, 0.2) is 194 Å². The zero-order chi connectivity index (χ0) is 37.5. The van der Waals surface area contributed by atoms with Gasteiger partial charge in [-0.05, 0) is 107 Å². The number of thiophene rings is 1. The third-order valence-corrected chi connectivity index (χ3v) is 13.0. The monoisotopic (exact) mass is 740 g/mol. The van der Waals surface area contributed by atoms with Gasteiger partial charge in [-0.2, -0.15) is 0 Å². The van der Waals surface area contributed by atoms with E-state index in [4.69, 9.17) is 9.97 Å². The number of nitrogens with zero attached hydrogens (tertiary/aromatic N) is 2. The Kier molecular flexibility index (Phi) is 7.13. The van der Waals surface area contributed by atoms with E-state index < -0.39 is 0 Å². The fraction of sp³-hybridized carbons (Fsp3) is 0. The minimum atomic E-state index is 0.945. The molecule has 12 aromatic rings. The van der Waals surface area contributed by atoms with Gasteiger partial charge in [-0.15, -0.1) is 11.3 Å². The van der Waals surface area contributed by atoms with Crippen molar-refractivity contribution in [3.05, 3.63) is 194 Å². The molecule has 0 saturated carbocycles. The molecule has 264 valence electrons. The van der Waals surface area contributed by atoms with Gasteiger partial charge in [0, 0.05) is 36.5 Å². The first-order chi connectivity index (χ1) is 28.2. The maximum absolute atomic E-state index is 4.86. The van der Waals surface area contributed by atoms with Gasteiger partial charge in [0.05, 0.1) is 11.2 Å². The molecule has 0 saturated heterocycles. The lowest BCUT2D eigenvalue weighted by Crippen LogP contribution is -1.91. The Labute approximate surface area is 333 Å². The average Bonchev–Trinajstić information content (AvgIpc) is 3.68. The highest BCUT2D eigenvalue weighted by atomic mass is 32.1. The molecule has 0 aliphatic carbocycles. The average molecular weight is 741 g/mol. The third-order valence-electron chi connectivity index (χ3n) is 11.7. The molecule has 0 amide bonds. The van der Waals surface area contributed by atoms with Crippen molar-refractivity contribution in [2.45, 2.75) is 0 Å². The molecule has 12 rings (SSSR count). The second-order valence-corrected chi connectivity index (χ2v) is 16.0. The summed E-state index contributed by atoms with van der Waals surface area (Å²) in [6, 6.07) is 68.7. The molecule has 0 unspecified atom stereocenters. The molecule has 0 aliphatic heterocycles. The number of hydrogen-bond donors (Lipinski definition) is 0. The summed E-state index contributed by atoms with van der Waals surface area (Å²) in [4.78, 5) is 9.71. The predicted octanol–water partition coefficient (Wildman–Crippen LogP) is 15.3. The molecule has 0 atom stereocenters. The normalized spacial score (nSPS) is 11.9. The molecule has 0 fully saturated rings. The van der Waals surface area contributed by atoms with Gasteiger partial charge in [0.15, 0.2) is 0 Å². The van der Waals surface area contributed by atoms with E-state index in [1.165, 1.54) is 85.9 Å². The van der Waals surface area contributed by atoms with Crippen LogP contribution in [-0.2, 0) is 0 Å². The van der Waals surface area contributed by atoms with E-state index in [2.05, 4.69) is 188 Å². The summed E-state index contributed by atoms with van der Waals surface area (Å²) in [6.45, 7) is 0. The van der Waals surface area contributed by atoms with Crippen LogP contribution in [0.1, 0.15) is 0 Å². The van der Waals surface area contributed by atoms with Crippen molar-refractivity contribution >= 4 is 85.5 Å². The summed E-state index contributed by atoms with van der Waals surface area (Å²) in [6.07, 6.45) is 1.71. The fourth-order valence-electron chi connectivity index (χ4n) is 9.04. The van der Waals surface area contributed by atoms with E-state index >= 15 is 0 Å². The van der Waals surface area contributed by atoms with Crippen molar-refractivity contribution in [3.63, 3.8) is 0 Å². The molecular formula is C54H32N2S. The van der Waals surface area contributed by atoms with Crippen molar-refractivity contribution in [1.29, 1.82) is 0 Å². The maximum atomic E-state index is 4.86. The van der Waals surface area contributed by atoms with Crippen LogP contribution in [0.3, 0.4) is 0 Å². The van der Waals surface area contributed by atoms with E-state index in [0.29, 0.717) is 0 Å². The summed E-state index contributed by atoms with van der Waals surface area (Å²) >= 11 is 1.86. The topological polar surface area (TPSA) is 25.8 Å². The minimum absolute atomic E-state index is 0.945. The zero-order valence-electron chi connectivity index (χ0n) is 30.8. The van der Waals surface area contributed by atoms with E-state index in [0.717, 1.165) is 32.9 Å². The second-order valence-electron chi connectivity index (χ2n) is 14.9. The van der Waals surface area contributed by atoms with Crippen LogP contribution in [0.4, 0.5) is 0 Å². The summed E-state index contributed by atoms with van der Waals surface area (Å²) < 4.78 is 2.63. The van der Waals surface area contributed by atoms with Gasteiger partial charge < -0.3 is 0 Å². The Morgan fingerprint density at radius 3 is 1.63 bits per heavy atom. The highest BCUT2D eigenvalue weighted by Gasteiger charge is 2.15. The molecule has 0 aliphatic rings. The standard InChI is InChI=1S/C54H32N2S/c1-2-16-44-42(14-1)43-15-3-4-17-45(43)50-31-36(23-26-46(44)50)34-11-7-10-33(28-34)35-22-25-40-38(29-35)24-27-49-52(55-32-56-53(40)49)39-13-8-12-37(30-39)41-19-9-20-48-47-18-5-6-21-51(47)57-54(41)48/h1-32H. The van der Waals surface area contributed by atoms with Crippen molar-refractivity contribution in [1.82, 2.24) is 9.97 Å². The highest BCUT2D eigenvalue weighted by Crippen LogP contribution is 2.42. The Hall–Kier alpha value is -7.20. The van der Waals surface area contributed by atoms with Crippen molar-refractivity contribution in [3.8, 4) is 44.6 Å². The lowest BCUT2D eigenvalue weighted by atomic mass is 9.91. The van der Waals surface area contributed by atoms with Gasteiger partial charge in [0.1, 0.15) is 6.33 Å². The molecule has 0 bridgehead atoms. The molecule has 2 nitrogen and oxygen atoms in total. The van der Waals surface area contributed by atoms with Crippen LogP contribution in [0.25, 0.3) is 119 Å². The molecule has 0 radical (unpaired) electrons. The number of hydrogen-bond acceptors (Lipinski definition) is 3. The van der Waals surface area contributed by atoms with Gasteiger partial charge in [0.25, 0.3) is 0 Å². The number of rotatable bonds is 4. The Morgan fingerprint density at radius 2 is 0.860 bits per heavy atom. The first kappa shape index (κ1) is 32.1. The summed E-state index contributed by atoms with van der Waals surface area (Å²) in [7, 11) is 0. The SMILES string of the molecule is c1cc(-c2ccc3c(ccc4c(-c5cccc(-c6cccc7c6sc6ccccc67)c5)ncnc43)c2)cc(-c2ccc3c4ccccc4c4ccccc4c3c2)c1. The fourth-order valence-corrected chi connectivity index (χ4v) is 10.3. The highest BCUT2D eigenvalue weighted by molar-refractivity contribution is 7.26. The lowest BCUT2D eigenvalue weighted by Gasteiger charge is -2.13. The number of aromatic nitrogens is 2. The molecule has 2 heterocycles. The second kappa shape index (κ2) is 12.7. The van der Waals surface area contributed by atoms with Gasteiger partial charge >= 0.3 is 0 Å². The van der Waals surface area contributed by atoms with Crippen LogP contribution >= 0.6 is 11.3 Å². The van der Waals surface area contributed by atoms with Gasteiger partial charge in [-0.3, -0.25) is 0 Å². The molecule has 2 aromatic heterocycles. The molecule has 10 aromatic carbocycles. The van der Waals surface area contributed by atoms with E-state index in [1.54, 1.807) is 6.33 Å². The molecule has 57 heavy (non-hydrogen) atoms. The van der Waals surface area contributed by atoms with Crippen molar-refractivity contribution in [2.24, 2.45) is 0 Å². The summed E-state index contributed by atoms with van der Waals surface area (Å²) in [5.41, 5.74) is 10.2. The Morgan fingerprint density at radius 1 is 0.316 bits per heavy atom. The molecule has 3 heteroatoms. The van der Waals surface area contributed by atoms with Crippen LogP contribution in [0.5, 0.6) is 0 Å². The Balaban J connectivity index is 0.920. The van der Waals surface area contributed by atoms with E-state index in [9.17, 15) is 0 Å². The number of benzene rings is 10. The largest absolute Gasteiger partial charge is 0.236 e. The zero-order valence-corrected chi connectivity index (χ0v) is 31.6. The quantitative estimate of drug-likeness (QED) is 0.168. The van der Waals surface area contributed by atoms with Crippen LogP contribution < -0.4 is 0 Å². The van der Waals surface area contributed by atoms with Gasteiger partial charge in [-0.1, -0.05) is 152 Å². The number of fused-ring (bicyclic) bond motifs is 12. The minimum Gasteiger partial charge on any atom is -0.236 e. The molecule has 0 spiro atoms. The summed E-state index contributed by atoms with van der Waals surface area (Å²) in [5.74, 6) is 0. The Bertz CT molecular complexity index is 3560. The summed E-state index contributed by atoms with van der Waals surface area (Å²) in [5, 5.41) is 13.7. The van der Waals surface area contributed by atoms with Gasteiger partial charge in [0.2, 0.25) is 0 Å². The first-order valence-electron chi connectivity index (χ1n) is 19.4. The predicted molar refractivity (Wildman–Crippen MR) is 244 cm³/mol. The smallest absolute Gasteiger partial charge is 0.116 e. The van der Waals surface area contributed by atoms with E-state index in [-0.39, 0.29) is 0 Å². The van der Waals surface area contributed by atoms with Crippen molar-refractivity contribution in [2.75, 3.05) is 0 Å². The third kappa shape index (κ3) is 5.10. The lowest BCUT2D eigenvalue weighted by molar-refractivity contribution is 1.23. The van der Waals surface area contributed by atoms with Crippen LogP contribution in [-0.4, -0.2) is 9.97 Å².